The van der Waals surface area contributed by atoms with Gasteiger partial charge in [0.2, 0.25) is 0 Å². The summed E-state index contributed by atoms with van der Waals surface area (Å²) >= 11 is 15.3. The number of fused-ring (bicyclic) bond motifs is 2. The number of piperidine rings is 1. The van der Waals surface area contributed by atoms with Crippen molar-refractivity contribution in [1.82, 2.24) is 0 Å². The maximum absolute atomic E-state index is 11.8. The van der Waals surface area contributed by atoms with E-state index in [-0.39, 0.29) is 17.0 Å². The maximum Gasteiger partial charge on any atom is 0.133 e. The molecule has 2 aromatic rings. The van der Waals surface area contributed by atoms with E-state index < -0.39 is 5.60 Å². The SMILES string of the molecule is C[N+]1(C)[C@@H]2CC[C@H]1CC(CC(O)(c1ccc(Cl)s1)c1ccc(Cl)s1)C2.[Br-]. The Kier molecular flexibility index (Phi) is 6.22. The summed E-state index contributed by atoms with van der Waals surface area (Å²) in [5.41, 5.74) is -0.978. The van der Waals surface area contributed by atoms with Crippen LogP contribution in [0.4, 0.5) is 0 Å². The molecule has 2 bridgehead atoms. The Morgan fingerprint density at radius 1 is 1.00 bits per heavy atom. The third kappa shape index (κ3) is 3.66. The molecule has 0 aromatic carbocycles. The summed E-state index contributed by atoms with van der Waals surface area (Å²) in [6.07, 6.45) is 5.80. The van der Waals surface area contributed by atoms with Gasteiger partial charge in [-0.2, -0.15) is 0 Å². The second kappa shape index (κ2) is 7.66. The summed E-state index contributed by atoms with van der Waals surface area (Å²) in [5.74, 6) is 0.537. The van der Waals surface area contributed by atoms with Crippen molar-refractivity contribution in [2.75, 3.05) is 14.1 Å². The Bertz CT molecular complexity index is 719. The highest BCUT2D eigenvalue weighted by atomic mass is 79.9. The second-order valence-electron chi connectivity index (χ2n) is 8.12. The molecule has 144 valence electrons. The van der Waals surface area contributed by atoms with Gasteiger partial charge in [0.05, 0.1) is 34.9 Å². The summed E-state index contributed by atoms with van der Waals surface area (Å²) in [6, 6.07) is 9.16. The number of quaternary nitrogens is 1. The Morgan fingerprint density at radius 2 is 1.46 bits per heavy atom. The number of rotatable bonds is 4. The van der Waals surface area contributed by atoms with E-state index in [0.717, 1.165) is 41.4 Å². The van der Waals surface area contributed by atoms with E-state index in [1.807, 2.05) is 24.3 Å². The number of hydrogen-bond donors (Lipinski definition) is 1. The first-order chi connectivity index (χ1) is 11.8. The second-order valence-corrected chi connectivity index (χ2v) is 11.6. The lowest BCUT2D eigenvalue weighted by Gasteiger charge is -2.45. The number of thiophene rings is 2. The van der Waals surface area contributed by atoms with Crippen LogP contribution in [0, 0.1) is 5.92 Å². The van der Waals surface area contributed by atoms with Gasteiger partial charge in [-0.1, -0.05) is 23.2 Å². The summed E-state index contributed by atoms with van der Waals surface area (Å²) in [7, 11) is 4.76. The zero-order valence-corrected chi connectivity index (χ0v) is 19.7. The minimum atomic E-state index is -0.978. The molecule has 0 saturated carbocycles. The summed E-state index contributed by atoms with van der Waals surface area (Å²) < 4.78 is 2.60. The molecule has 26 heavy (non-hydrogen) atoms. The molecule has 0 amide bonds. The Morgan fingerprint density at radius 3 is 1.85 bits per heavy atom. The van der Waals surface area contributed by atoms with E-state index in [2.05, 4.69) is 14.1 Å². The Labute approximate surface area is 184 Å². The Hall–Kier alpha value is 0.380. The molecular formula is C19H24BrCl2NOS2. The smallest absolute Gasteiger partial charge is 0.133 e. The fraction of sp³-hybridized carbons (Fsp3) is 0.579. The van der Waals surface area contributed by atoms with Gasteiger partial charge in [0.15, 0.2) is 0 Å². The molecule has 4 rings (SSSR count). The van der Waals surface area contributed by atoms with Crippen molar-refractivity contribution in [3.05, 3.63) is 42.7 Å². The molecule has 0 spiro atoms. The van der Waals surface area contributed by atoms with Crippen molar-refractivity contribution in [2.24, 2.45) is 5.92 Å². The van der Waals surface area contributed by atoms with Crippen LogP contribution in [-0.2, 0) is 5.60 Å². The number of halogens is 3. The van der Waals surface area contributed by atoms with Gasteiger partial charge >= 0.3 is 0 Å². The minimum absolute atomic E-state index is 0. The Balaban J connectivity index is 0.00000196. The van der Waals surface area contributed by atoms with Gasteiger partial charge in [0.25, 0.3) is 0 Å². The molecule has 0 radical (unpaired) electrons. The molecule has 0 aliphatic carbocycles. The molecule has 2 aromatic heterocycles. The largest absolute Gasteiger partial charge is 1.00 e. The molecule has 7 heteroatoms. The van der Waals surface area contributed by atoms with Gasteiger partial charge in [-0.05, 0) is 36.6 Å². The molecule has 2 aliphatic rings. The van der Waals surface area contributed by atoms with E-state index in [4.69, 9.17) is 23.2 Å². The highest BCUT2D eigenvalue weighted by Crippen LogP contribution is 2.49. The van der Waals surface area contributed by atoms with Gasteiger partial charge in [-0.15, -0.1) is 22.7 Å². The first-order valence-electron chi connectivity index (χ1n) is 8.86. The van der Waals surface area contributed by atoms with Crippen LogP contribution in [0.25, 0.3) is 0 Å². The number of aliphatic hydroxyl groups is 1. The van der Waals surface area contributed by atoms with E-state index >= 15 is 0 Å². The molecule has 2 aliphatic heterocycles. The van der Waals surface area contributed by atoms with Crippen molar-refractivity contribution in [2.45, 2.75) is 49.8 Å². The summed E-state index contributed by atoms with van der Waals surface area (Å²) in [6.45, 7) is 0. The zero-order valence-electron chi connectivity index (χ0n) is 14.9. The third-order valence-corrected chi connectivity index (χ3v) is 9.24. The normalized spacial score (nSPS) is 27.3. The molecule has 2 saturated heterocycles. The lowest BCUT2D eigenvalue weighted by Crippen LogP contribution is -3.00. The van der Waals surface area contributed by atoms with Gasteiger partial charge in [0, 0.05) is 35.4 Å². The fourth-order valence-corrected chi connectivity index (χ4v) is 7.35. The maximum atomic E-state index is 11.8. The van der Waals surface area contributed by atoms with E-state index in [1.54, 1.807) is 0 Å². The molecule has 2 nitrogen and oxygen atoms in total. The zero-order chi connectivity index (χ0) is 17.8. The lowest BCUT2D eigenvalue weighted by molar-refractivity contribution is -0.931. The van der Waals surface area contributed by atoms with Gasteiger partial charge in [0.1, 0.15) is 5.60 Å². The molecule has 1 unspecified atom stereocenters. The quantitative estimate of drug-likeness (QED) is 0.645. The van der Waals surface area contributed by atoms with Crippen LogP contribution in [0.1, 0.15) is 41.9 Å². The number of hydrogen-bond acceptors (Lipinski definition) is 3. The van der Waals surface area contributed by atoms with Crippen LogP contribution in [0.2, 0.25) is 8.67 Å². The van der Waals surface area contributed by atoms with Crippen LogP contribution in [0.5, 0.6) is 0 Å². The fourth-order valence-electron chi connectivity index (χ4n) is 4.97. The highest BCUT2D eigenvalue weighted by molar-refractivity contribution is 7.17. The minimum Gasteiger partial charge on any atom is -1.00 e. The van der Waals surface area contributed by atoms with Gasteiger partial charge < -0.3 is 26.6 Å². The van der Waals surface area contributed by atoms with Crippen LogP contribution in [0.3, 0.4) is 0 Å². The molecular weight excluding hydrogens is 473 g/mol. The van der Waals surface area contributed by atoms with Crippen LogP contribution >= 0.6 is 45.9 Å². The summed E-state index contributed by atoms with van der Waals surface area (Å²) in [5, 5.41) is 11.8. The van der Waals surface area contributed by atoms with Crippen molar-refractivity contribution in [1.29, 1.82) is 0 Å². The number of nitrogens with zero attached hydrogens (tertiary/aromatic N) is 1. The van der Waals surface area contributed by atoms with Crippen molar-refractivity contribution in [3.63, 3.8) is 0 Å². The molecule has 1 N–H and O–H groups in total. The average Bonchev–Trinajstić information content (AvgIpc) is 3.18. The van der Waals surface area contributed by atoms with E-state index in [9.17, 15) is 5.11 Å². The molecule has 2 fully saturated rings. The molecule has 3 atom stereocenters. The first kappa shape index (κ1) is 21.1. The van der Waals surface area contributed by atoms with Gasteiger partial charge in [-0.3, -0.25) is 0 Å². The summed E-state index contributed by atoms with van der Waals surface area (Å²) in [4.78, 5) is 1.87. The van der Waals surface area contributed by atoms with Crippen molar-refractivity contribution in [3.8, 4) is 0 Å². The van der Waals surface area contributed by atoms with Crippen molar-refractivity contribution >= 4 is 45.9 Å². The van der Waals surface area contributed by atoms with Crippen LogP contribution in [0.15, 0.2) is 24.3 Å². The average molecular weight is 497 g/mol. The van der Waals surface area contributed by atoms with E-state index in [1.165, 1.54) is 48.4 Å². The first-order valence-corrected chi connectivity index (χ1v) is 11.3. The van der Waals surface area contributed by atoms with Crippen molar-refractivity contribution < 1.29 is 26.6 Å². The predicted octanol–water partition coefficient (Wildman–Crippen LogP) is 2.76. The van der Waals surface area contributed by atoms with Crippen LogP contribution < -0.4 is 17.0 Å². The predicted molar refractivity (Wildman–Crippen MR) is 108 cm³/mol. The lowest BCUT2D eigenvalue weighted by atomic mass is 9.79. The van der Waals surface area contributed by atoms with E-state index in [0.29, 0.717) is 5.92 Å². The monoisotopic (exact) mass is 495 g/mol. The standard InChI is InChI=1S/C19H24Cl2NOS2.BrH/c1-22(2)13-3-4-14(22)10-12(9-13)11-19(23,15-5-7-17(20)24-15)16-6-8-18(21)25-16;/h5-8,12-14,23H,3-4,9-11H2,1-2H3;1H/q+1;/p-1/t12?,13-,14+;. The molecule has 4 heterocycles. The van der Waals surface area contributed by atoms with Crippen LogP contribution in [-0.4, -0.2) is 35.8 Å². The highest BCUT2D eigenvalue weighted by Gasteiger charge is 2.50. The third-order valence-electron chi connectivity index (χ3n) is 6.47. The van der Waals surface area contributed by atoms with Gasteiger partial charge in [-0.25, -0.2) is 0 Å². The topological polar surface area (TPSA) is 20.2 Å².